The summed E-state index contributed by atoms with van der Waals surface area (Å²) in [5.74, 6) is -2.32. The van der Waals surface area contributed by atoms with Crippen molar-refractivity contribution in [2.75, 3.05) is 11.5 Å². The standard InChI is InChI=1S/C25H20N2O7/c1-13-9-16-11-19(13)22-21(16)23(29)26(24(22)30)18-4-2-3-15(10-18)25(31)34-12-20(28)14-5-7-17(8-6-14)27(32)33/h2-10,16,19,21-22H,11-12H2,1H3. The number of carbonyl (C=O) groups excluding carboxylic acids is 4. The Balaban J connectivity index is 1.28. The summed E-state index contributed by atoms with van der Waals surface area (Å²) < 4.78 is 5.11. The van der Waals surface area contributed by atoms with Gasteiger partial charge in [-0.2, -0.15) is 0 Å². The number of imide groups is 1. The van der Waals surface area contributed by atoms with Crippen LogP contribution in [-0.2, 0) is 14.3 Å². The SMILES string of the molecule is CC1=CC2CC1C1C(=O)N(c3cccc(C(=O)OCC(=O)c4ccc([N+](=O)[O-])cc4)c3)C(=O)C21. The van der Waals surface area contributed by atoms with Crippen LogP contribution in [0.25, 0.3) is 0 Å². The van der Waals surface area contributed by atoms with Crippen LogP contribution in [-0.4, -0.2) is 35.1 Å². The Morgan fingerprint density at radius 2 is 1.76 bits per heavy atom. The van der Waals surface area contributed by atoms with Gasteiger partial charge in [-0.1, -0.05) is 17.7 Å². The third-order valence-corrected chi connectivity index (χ3v) is 6.96. The van der Waals surface area contributed by atoms with Crippen molar-refractivity contribution in [3.63, 3.8) is 0 Å². The van der Waals surface area contributed by atoms with E-state index in [0.717, 1.165) is 12.0 Å². The van der Waals surface area contributed by atoms with Crippen LogP contribution < -0.4 is 4.90 Å². The number of carbonyl (C=O) groups is 4. The second-order valence-corrected chi connectivity index (χ2v) is 8.83. The quantitative estimate of drug-likeness (QED) is 0.162. The van der Waals surface area contributed by atoms with Crippen LogP contribution in [0.1, 0.15) is 34.1 Å². The van der Waals surface area contributed by atoms with E-state index in [1.807, 2.05) is 6.92 Å². The second kappa shape index (κ2) is 8.02. The summed E-state index contributed by atoms with van der Waals surface area (Å²) in [5.41, 5.74) is 1.58. The van der Waals surface area contributed by atoms with Gasteiger partial charge in [0.2, 0.25) is 11.8 Å². The first-order chi connectivity index (χ1) is 16.3. The minimum atomic E-state index is -0.783. The highest BCUT2D eigenvalue weighted by Crippen LogP contribution is 2.55. The number of esters is 1. The number of amides is 2. The topological polar surface area (TPSA) is 124 Å². The summed E-state index contributed by atoms with van der Waals surface area (Å²) in [5, 5.41) is 10.7. The number of hydrogen-bond donors (Lipinski definition) is 0. The van der Waals surface area contributed by atoms with Crippen molar-refractivity contribution in [1.82, 2.24) is 0 Å². The summed E-state index contributed by atoms with van der Waals surface area (Å²) in [7, 11) is 0. The number of benzene rings is 2. The highest BCUT2D eigenvalue weighted by Gasteiger charge is 2.60. The van der Waals surface area contributed by atoms with Gasteiger partial charge in [0, 0.05) is 17.7 Å². The number of nitro groups is 1. The monoisotopic (exact) mass is 460 g/mol. The molecule has 2 aromatic carbocycles. The molecule has 172 valence electrons. The van der Waals surface area contributed by atoms with Crippen LogP contribution in [0.15, 0.2) is 60.2 Å². The van der Waals surface area contributed by atoms with Gasteiger partial charge < -0.3 is 4.74 Å². The Morgan fingerprint density at radius 3 is 2.47 bits per heavy atom. The fourth-order valence-electron chi connectivity index (χ4n) is 5.37. The molecule has 2 bridgehead atoms. The highest BCUT2D eigenvalue weighted by atomic mass is 16.6. The molecule has 4 atom stereocenters. The van der Waals surface area contributed by atoms with Crippen LogP contribution in [0.2, 0.25) is 0 Å². The van der Waals surface area contributed by atoms with Gasteiger partial charge in [0.15, 0.2) is 12.4 Å². The summed E-state index contributed by atoms with van der Waals surface area (Å²) in [4.78, 5) is 62.4. The Hall–Kier alpha value is -4.14. The van der Waals surface area contributed by atoms with Crippen molar-refractivity contribution in [3.05, 3.63) is 81.4 Å². The molecule has 0 radical (unpaired) electrons. The van der Waals surface area contributed by atoms with E-state index >= 15 is 0 Å². The predicted molar refractivity (Wildman–Crippen MR) is 119 cm³/mol. The summed E-state index contributed by atoms with van der Waals surface area (Å²) in [6.45, 7) is 1.44. The highest BCUT2D eigenvalue weighted by molar-refractivity contribution is 6.23. The Bertz CT molecular complexity index is 1280. The first kappa shape index (κ1) is 21.7. The zero-order chi connectivity index (χ0) is 24.1. The van der Waals surface area contributed by atoms with Gasteiger partial charge in [0.05, 0.1) is 28.0 Å². The van der Waals surface area contributed by atoms with Crippen LogP contribution in [0.3, 0.4) is 0 Å². The maximum Gasteiger partial charge on any atom is 0.338 e. The number of hydrogen-bond acceptors (Lipinski definition) is 7. The molecular weight excluding hydrogens is 440 g/mol. The molecule has 3 aliphatic rings. The van der Waals surface area contributed by atoms with Gasteiger partial charge >= 0.3 is 5.97 Å². The van der Waals surface area contributed by atoms with Crippen molar-refractivity contribution in [2.45, 2.75) is 13.3 Å². The lowest BCUT2D eigenvalue weighted by atomic mass is 9.82. The molecule has 1 aliphatic heterocycles. The van der Waals surface area contributed by atoms with E-state index in [0.29, 0.717) is 5.69 Å². The van der Waals surface area contributed by atoms with Crippen molar-refractivity contribution < 1.29 is 28.8 Å². The van der Waals surface area contributed by atoms with E-state index in [-0.39, 0.29) is 52.3 Å². The number of nitrogens with zero attached hydrogens (tertiary/aromatic N) is 2. The maximum atomic E-state index is 13.1. The molecule has 1 saturated carbocycles. The molecule has 0 spiro atoms. The molecule has 2 aromatic rings. The summed E-state index contributed by atoms with van der Waals surface area (Å²) in [6, 6.07) is 11.0. The molecule has 2 amide bonds. The Kier molecular flexibility index (Phi) is 5.11. The van der Waals surface area contributed by atoms with Crippen molar-refractivity contribution in [3.8, 4) is 0 Å². The number of anilines is 1. The minimum absolute atomic E-state index is 0.0787. The molecule has 0 aromatic heterocycles. The third-order valence-electron chi connectivity index (χ3n) is 6.96. The molecule has 1 heterocycles. The smallest absolute Gasteiger partial charge is 0.338 e. The first-order valence-corrected chi connectivity index (χ1v) is 10.9. The van der Waals surface area contributed by atoms with Crippen molar-refractivity contribution in [2.24, 2.45) is 23.7 Å². The van der Waals surface area contributed by atoms with Crippen molar-refractivity contribution in [1.29, 1.82) is 0 Å². The van der Waals surface area contributed by atoms with Gasteiger partial charge in [-0.3, -0.25) is 24.5 Å². The largest absolute Gasteiger partial charge is 0.454 e. The predicted octanol–water partition coefficient (Wildman–Crippen LogP) is 3.34. The lowest BCUT2D eigenvalue weighted by molar-refractivity contribution is -0.384. The van der Waals surface area contributed by atoms with Gasteiger partial charge in [0.1, 0.15) is 0 Å². The molecule has 9 heteroatoms. The average molecular weight is 460 g/mol. The molecule has 1 saturated heterocycles. The van der Waals surface area contributed by atoms with Gasteiger partial charge in [-0.25, -0.2) is 9.69 Å². The zero-order valence-corrected chi connectivity index (χ0v) is 18.2. The van der Waals surface area contributed by atoms with Gasteiger partial charge in [-0.15, -0.1) is 0 Å². The molecule has 5 rings (SSSR count). The number of allylic oxidation sites excluding steroid dienone is 2. The first-order valence-electron chi connectivity index (χ1n) is 10.9. The van der Waals surface area contributed by atoms with Crippen LogP contribution >= 0.6 is 0 Å². The fraction of sp³-hybridized carbons (Fsp3) is 0.280. The molecule has 2 aliphatic carbocycles. The van der Waals surface area contributed by atoms with Crippen LogP contribution in [0.5, 0.6) is 0 Å². The van der Waals surface area contributed by atoms with E-state index in [9.17, 15) is 29.3 Å². The Labute approximate surface area is 194 Å². The second-order valence-electron chi connectivity index (χ2n) is 8.83. The molecule has 9 nitrogen and oxygen atoms in total. The average Bonchev–Trinajstić information content (AvgIpc) is 3.47. The fourth-order valence-corrected chi connectivity index (χ4v) is 5.37. The van der Waals surface area contributed by atoms with E-state index in [4.69, 9.17) is 4.74 Å². The van der Waals surface area contributed by atoms with E-state index in [2.05, 4.69) is 6.08 Å². The van der Waals surface area contributed by atoms with E-state index in [1.54, 1.807) is 12.1 Å². The summed E-state index contributed by atoms with van der Waals surface area (Å²) >= 11 is 0. The van der Waals surface area contributed by atoms with E-state index in [1.165, 1.54) is 41.3 Å². The van der Waals surface area contributed by atoms with Gasteiger partial charge in [0.25, 0.3) is 5.69 Å². The third kappa shape index (κ3) is 3.40. The number of ketones is 1. The minimum Gasteiger partial charge on any atom is -0.454 e. The lowest BCUT2D eigenvalue weighted by Crippen LogP contribution is -2.33. The number of fused-ring (bicyclic) bond motifs is 5. The van der Waals surface area contributed by atoms with E-state index < -0.39 is 23.3 Å². The Morgan fingerprint density at radius 1 is 1.06 bits per heavy atom. The maximum absolute atomic E-state index is 13.1. The normalized spacial score (nSPS) is 24.7. The molecule has 2 fully saturated rings. The number of ether oxygens (including phenoxy) is 1. The molecule has 34 heavy (non-hydrogen) atoms. The van der Waals surface area contributed by atoms with Crippen LogP contribution in [0, 0.1) is 33.8 Å². The molecule has 4 unspecified atom stereocenters. The lowest BCUT2D eigenvalue weighted by Gasteiger charge is -2.19. The summed E-state index contributed by atoms with van der Waals surface area (Å²) in [6.07, 6.45) is 2.93. The van der Waals surface area contributed by atoms with Crippen molar-refractivity contribution >= 4 is 34.9 Å². The number of Topliss-reactive ketones (excluding diaryl/α,β-unsaturated/α-hetero) is 1. The molecule has 0 N–H and O–H groups in total. The zero-order valence-electron chi connectivity index (χ0n) is 18.2. The number of nitro benzene ring substituents is 1. The number of non-ortho nitro benzene ring substituents is 1. The van der Waals surface area contributed by atoms with Gasteiger partial charge in [-0.05, 0) is 55.5 Å². The number of rotatable bonds is 6. The molecular formula is C25H20N2O7. The van der Waals surface area contributed by atoms with Crippen LogP contribution in [0.4, 0.5) is 11.4 Å².